The van der Waals surface area contributed by atoms with Crippen molar-refractivity contribution in [3.05, 3.63) is 24.3 Å². The third-order valence-corrected chi connectivity index (χ3v) is 3.28. The van der Waals surface area contributed by atoms with Crippen LogP contribution in [0, 0.1) is 5.92 Å². The summed E-state index contributed by atoms with van der Waals surface area (Å²) in [6.45, 7) is 3.09. The van der Waals surface area contributed by atoms with Crippen molar-refractivity contribution in [3.8, 4) is 5.75 Å². The minimum Gasteiger partial charge on any atom is -0.494 e. The molecule has 5 nitrogen and oxygen atoms in total. The molecule has 0 saturated carbocycles. The lowest BCUT2D eigenvalue weighted by Crippen LogP contribution is -2.26. The van der Waals surface area contributed by atoms with Crippen LogP contribution in [-0.4, -0.2) is 32.1 Å². The molecule has 0 spiro atoms. The second kappa shape index (κ2) is 6.41. The monoisotopic (exact) mass is 277 g/mol. The molecule has 0 aliphatic carbocycles. The van der Waals surface area contributed by atoms with Gasteiger partial charge in [-0.3, -0.25) is 9.59 Å². The van der Waals surface area contributed by atoms with Crippen molar-refractivity contribution >= 4 is 17.6 Å². The smallest absolute Gasteiger partial charge is 0.311 e. The molecule has 1 fully saturated rings. The number of carbonyl (C=O) groups excluding carboxylic acids is 2. The highest BCUT2D eigenvalue weighted by Crippen LogP contribution is 2.27. The first-order valence-corrected chi connectivity index (χ1v) is 6.76. The highest BCUT2D eigenvalue weighted by molar-refractivity contribution is 5.99. The summed E-state index contributed by atoms with van der Waals surface area (Å²) in [5.74, 6) is 0.0293. The van der Waals surface area contributed by atoms with Gasteiger partial charge in [-0.15, -0.1) is 0 Å². The summed E-state index contributed by atoms with van der Waals surface area (Å²) < 4.78 is 10.2. The van der Waals surface area contributed by atoms with Crippen LogP contribution in [0.1, 0.15) is 19.8 Å². The van der Waals surface area contributed by atoms with Crippen LogP contribution >= 0.6 is 0 Å². The summed E-state index contributed by atoms with van der Waals surface area (Å²) in [5.41, 5.74) is 0.783. The zero-order valence-electron chi connectivity index (χ0n) is 11.8. The van der Waals surface area contributed by atoms with Crippen LogP contribution in [0.2, 0.25) is 0 Å². The van der Waals surface area contributed by atoms with E-state index in [2.05, 4.69) is 0 Å². The average Bonchev–Trinajstić information content (AvgIpc) is 2.87. The largest absolute Gasteiger partial charge is 0.494 e. The number of ether oxygens (including phenoxy) is 2. The molecule has 0 aromatic heterocycles. The van der Waals surface area contributed by atoms with E-state index in [1.54, 1.807) is 4.90 Å². The normalized spacial score (nSPS) is 18.2. The van der Waals surface area contributed by atoms with Gasteiger partial charge in [0.25, 0.3) is 0 Å². The van der Waals surface area contributed by atoms with Gasteiger partial charge < -0.3 is 14.4 Å². The van der Waals surface area contributed by atoms with Gasteiger partial charge in [-0.2, -0.15) is 0 Å². The van der Waals surface area contributed by atoms with E-state index in [0.29, 0.717) is 13.2 Å². The molecule has 2 rings (SSSR count). The number of methoxy groups -OCH3 is 1. The standard InChI is InChI=1S/C15H19NO4/c1-3-8-20-13-6-4-12(5-7-13)16-10-11(9-14(16)17)15(18)19-2/h4-7,11H,3,8-10H2,1-2H3. The number of hydrogen-bond acceptors (Lipinski definition) is 4. The molecule has 1 unspecified atom stereocenters. The minimum absolute atomic E-state index is 0.0531. The Balaban J connectivity index is 2.04. The summed E-state index contributed by atoms with van der Waals surface area (Å²) in [4.78, 5) is 25.1. The second-order valence-electron chi connectivity index (χ2n) is 4.77. The van der Waals surface area contributed by atoms with E-state index in [0.717, 1.165) is 17.9 Å². The van der Waals surface area contributed by atoms with Crippen LogP contribution in [-0.2, 0) is 14.3 Å². The maximum absolute atomic E-state index is 11.9. The van der Waals surface area contributed by atoms with Crippen molar-refractivity contribution in [2.75, 3.05) is 25.2 Å². The van der Waals surface area contributed by atoms with Gasteiger partial charge >= 0.3 is 5.97 Å². The minimum atomic E-state index is -0.372. The van der Waals surface area contributed by atoms with Crippen molar-refractivity contribution in [2.24, 2.45) is 5.92 Å². The Morgan fingerprint density at radius 1 is 1.35 bits per heavy atom. The van der Waals surface area contributed by atoms with Crippen LogP contribution in [0.4, 0.5) is 5.69 Å². The first-order valence-electron chi connectivity index (χ1n) is 6.76. The van der Waals surface area contributed by atoms with E-state index in [1.165, 1.54) is 7.11 Å². The van der Waals surface area contributed by atoms with Gasteiger partial charge in [-0.1, -0.05) is 6.92 Å². The quantitative estimate of drug-likeness (QED) is 0.772. The van der Waals surface area contributed by atoms with Gasteiger partial charge in [0.15, 0.2) is 0 Å². The third kappa shape index (κ3) is 3.10. The predicted octanol–water partition coefficient (Wildman–Crippen LogP) is 2.00. The van der Waals surface area contributed by atoms with Crippen molar-refractivity contribution in [2.45, 2.75) is 19.8 Å². The van der Waals surface area contributed by atoms with Crippen molar-refractivity contribution < 1.29 is 19.1 Å². The predicted molar refractivity (Wildman–Crippen MR) is 74.7 cm³/mol. The molecule has 1 aromatic rings. The Morgan fingerprint density at radius 3 is 2.65 bits per heavy atom. The third-order valence-electron chi connectivity index (χ3n) is 3.28. The highest BCUT2D eigenvalue weighted by atomic mass is 16.5. The molecule has 5 heteroatoms. The molecule has 0 bridgehead atoms. The molecular weight excluding hydrogens is 258 g/mol. The van der Waals surface area contributed by atoms with Gasteiger partial charge in [-0.25, -0.2) is 0 Å². The number of nitrogens with zero attached hydrogens (tertiary/aromatic N) is 1. The first-order chi connectivity index (χ1) is 9.65. The van der Waals surface area contributed by atoms with Crippen LogP contribution < -0.4 is 9.64 Å². The summed E-state index contributed by atoms with van der Waals surface area (Å²) in [7, 11) is 1.34. The Morgan fingerprint density at radius 2 is 2.05 bits per heavy atom. The van der Waals surface area contributed by atoms with Gasteiger partial charge in [-0.05, 0) is 30.7 Å². The van der Waals surface area contributed by atoms with E-state index in [4.69, 9.17) is 9.47 Å². The number of anilines is 1. The fourth-order valence-electron chi connectivity index (χ4n) is 2.22. The Hall–Kier alpha value is -2.04. The van der Waals surface area contributed by atoms with Gasteiger partial charge in [0.1, 0.15) is 5.75 Å². The molecule has 0 radical (unpaired) electrons. The summed E-state index contributed by atoms with van der Waals surface area (Å²) in [5, 5.41) is 0. The zero-order chi connectivity index (χ0) is 14.5. The summed E-state index contributed by atoms with van der Waals surface area (Å²) in [6.07, 6.45) is 1.16. The van der Waals surface area contributed by atoms with E-state index in [9.17, 15) is 9.59 Å². The number of carbonyl (C=O) groups is 2. The fraction of sp³-hybridized carbons (Fsp3) is 0.467. The second-order valence-corrected chi connectivity index (χ2v) is 4.77. The number of hydrogen-bond donors (Lipinski definition) is 0. The maximum atomic E-state index is 11.9. The SMILES string of the molecule is CCCOc1ccc(N2CC(C(=O)OC)CC2=O)cc1. The molecule has 1 aliphatic heterocycles. The highest BCUT2D eigenvalue weighted by Gasteiger charge is 2.35. The Labute approximate surface area is 118 Å². The van der Waals surface area contributed by atoms with E-state index in [-0.39, 0.29) is 24.2 Å². The van der Waals surface area contributed by atoms with Crippen LogP contribution in [0.25, 0.3) is 0 Å². The lowest BCUT2D eigenvalue weighted by molar-refractivity contribution is -0.145. The molecule has 1 amide bonds. The molecule has 1 aromatic carbocycles. The first kappa shape index (κ1) is 14.4. The molecule has 1 atom stereocenters. The summed E-state index contributed by atoms with van der Waals surface area (Å²) in [6, 6.07) is 7.35. The number of benzene rings is 1. The molecule has 108 valence electrons. The Kier molecular flexibility index (Phi) is 4.61. The Bertz CT molecular complexity index is 483. The van der Waals surface area contributed by atoms with E-state index in [1.807, 2.05) is 31.2 Å². The molecule has 1 saturated heterocycles. The fourth-order valence-corrected chi connectivity index (χ4v) is 2.22. The average molecular weight is 277 g/mol. The molecule has 1 heterocycles. The lowest BCUT2D eigenvalue weighted by Gasteiger charge is -2.16. The van der Waals surface area contributed by atoms with Crippen LogP contribution in [0.3, 0.4) is 0 Å². The van der Waals surface area contributed by atoms with Crippen molar-refractivity contribution in [3.63, 3.8) is 0 Å². The molecular formula is C15H19NO4. The van der Waals surface area contributed by atoms with Crippen molar-refractivity contribution in [1.29, 1.82) is 0 Å². The van der Waals surface area contributed by atoms with Crippen LogP contribution in [0.15, 0.2) is 24.3 Å². The molecule has 20 heavy (non-hydrogen) atoms. The molecule has 1 aliphatic rings. The van der Waals surface area contributed by atoms with E-state index < -0.39 is 0 Å². The number of rotatable bonds is 5. The van der Waals surface area contributed by atoms with Gasteiger partial charge in [0.2, 0.25) is 5.91 Å². The number of amides is 1. The van der Waals surface area contributed by atoms with Crippen LogP contribution in [0.5, 0.6) is 5.75 Å². The zero-order valence-corrected chi connectivity index (χ0v) is 11.8. The van der Waals surface area contributed by atoms with Gasteiger partial charge in [0, 0.05) is 18.7 Å². The van der Waals surface area contributed by atoms with E-state index >= 15 is 0 Å². The topological polar surface area (TPSA) is 55.8 Å². The van der Waals surface area contributed by atoms with Gasteiger partial charge in [0.05, 0.1) is 19.6 Å². The maximum Gasteiger partial charge on any atom is 0.311 e. The lowest BCUT2D eigenvalue weighted by atomic mass is 10.1. The van der Waals surface area contributed by atoms with Crippen molar-refractivity contribution in [1.82, 2.24) is 0 Å². The number of esters is 1. The molecule has 0 N–H and O–H groups in total. The summed E-state index contributed by atoms with van der Waals surface area (Å²) >= 11 is 0.